The van der Waals surface area contributed by atoms with E-state index in [1.165, 1.54) is 12.1 Å². The Kier molecular flexibility index (Phi) is 9.26. The van der Waals surface area contributed by atoms with Crippen molar-refractivity contribution in [3.63, 3.8) is 0 Å². The van der Waals surface area contributed by atoms with E-state index in [0.29, 0.717) is 0 Å². The Balaban J connectivity index is 2.38. The standard InChI is InChI=1S/C27H28F6N2O4/c1-24(2,3)38-22(36)16-7-11-18(12-8-16)34-20(26(28,29)30)15-21(27(31,32)33)35-19-13-9-17(10-14-19)23(37)39-25(4,5)6/h7-15,34H,1-6H3/b20-15-,35-21?. The van der Waals surface area contributed by atoms with Crippen LogP contribution in [0.5, 0.6) is 0 Å². The summed E-state index contributed by atoms with van der Waals surface area (Å²) in [7, 11) is 0. The summed E-state index contributed by atoms with van der Waals surface area (Å²) in [4.78, 5) is 27.5. The van der Waals surface area contributed by atoms with Gasteiger partial charge < -0.3 is 14.8 Å². The molecule has 0 atom stereocenters. The first-order chi connectivity index (χ1) is 17.6. The summed E-state index contributed by atoms with van der Waals surface area (Å²) in [6, 6.07) is 8.95. The zero-order chi connectivity index (χ0) is 29.8. The fourth-order valence-electron chi connectivity index (χ4n) is 2.83. The number of halogens is 6. The van der Waals surface area contributed by atoms with E-state index in [2.05, 4.69) is 4.99 Å². The molecular formula is C27H28F6N2O4. The van der Waals surface area contributed by atoms with Gasteiger partial charge in [-0.2, -0.15) is 26.3 Å². The van der Waals surface area contributed by atoms with Crippen molar-refractivity contribution >= 4 is 29.0 Å². The SMILES string of the molecule is CC(C)(C)OC(=O)c1ccc(N=C(/C=C(\Nc2ccc(C(=O)OC(C)(C)C)cc2)C(F)(F)F)C(F)(F)F)cc1. The van der Waals surface area contributed by atoms with Gasteiger partial charge in [0, 0.05) is 5.69 Å². The lowest BCUT2D eigenvalue weighted by molar-refractivity contribution is -0.0905. The molecule has 0 aromatic heterocycles. The molecule has 2 aromatic carbocycles. The van der Waals surface area contributed by atoms with Gasteiger partial charge in [0.05, 0.1) is 16.8 Å². The van der Waals surface area contributed by atoms with Crippen LogP contribution in [0.15, 0.2) is 65.3 Å². The lowest BCUT2D eigenvalue weighted by Gasteiger charge is -2.20. The molecule has 0 aliphatic carbocycles. The molecule has 0 saturated heterocycles. The predicted molar refractivity (Wildman–Crippen MR) is 134 cm³/mol. The third-order valence-electron chi connectivity index (χ3n) is 4.43. The zero-order valence-corrected chi connectivity index (χ0v) is 22.0. The third-order valence-corrected chi connectivity index (χ3v) is 4.43. The Morgan fingerprint density at radius 2 is 1.10 bits per heavy atom. The van der Waals surface area contributed by atoms with Crippen LogP contribution in [0.25, 0.3) is 0 Å². The van der Waals surface area contributed by atoms with Crippen molar-refractivity contribution in [2.75, 3.05) is 5.32 Å². The fraction of sp³-hybridized carbons (Fsp3) is 0.370. The maximum atomic E-state index is 13.7. The van der Waals surface area contributed by atoms with E-state index < -0.39 is 46.9 Å². The predicted octanol–water partition coefficient (Wildman–Crippen LogP) is 7.79. The summed E-state index contributed by atoms with van der Waals surface area (Å²) in [5.74, 6) is -1.44. The van der Waals surface area contributed by atoms with Gasteiger partial charge >= 0.3 is 24.3 Å². The number of aliphatic imine (C=N–C) groups is 1. The number of benzene rings is 2. The molecule has 6 nitrogen and oxygen atoms in total. The average Bonchev–Trinajstić information content (AvgIpc) is 2.75. The second kappa shape index (κ2) is 11.5. The lowest BCUT2D eigenvalue weighted by atomic mass is 10.1. The molecule has 212 valence electrons. The van der Waals surface area contributed by atoms with E-state index in [-0.39, 0.29) is 28.6 Å². The molecule has 0 bridgehead atoms. The molecule has 0 aliphatic rings. The second-order valence-electron chi connectivity index (χ2n) is 10.3. The van der Waals surface area contributed by atoms with E-state index in [1.807, 2.05) is 5.32 Å². The quantitative estimate of drug-likeness (QED) is 0.223. The van der Waals surface area contributed by atoms with Gasteiger partial charge in [-0.15, -0.1) is 0 Å². The van der Waals surface area contributed by atoms with E-state index in [9.17, 15) is 35.9 Å². The molecule has 2 aromatic rings. The number of anilines is 1. The van der Waals surface area contributed by atoms with Crippen LogP contribution < -0.4 is 5.32 Å². The smallest absolute Gasteiger partial charge is 0.433 e. The van der Waals surface area contributed by atoms with Gasteiger partial charge in [-0.1, -0.05) is 0 Å². The number of ether oxygens (including phenoxy) is 2. The first-order valence-corrected chi connectivity index (χ1v) is 11.5. The van der Waals surface area contributed by atoms with Crippen molar-refractivity contribution in [3.05, 3.63) is 71.4 Å². The summed E-state index contributed by atoms with van der Waals surface area (Å²) in [6.45, 7) is 9.80. The molecule has 0 radical (unpaired) electrons. The minimum atomic E-state index is -5.25. The van der Waals surface area contributed by atoms with Crippen molar-refractivity contribution in [2.24, 2.45) is 4.99 Å². The Morgan fingerprint density at radius 1 is 0.692 bits per heavy atom. The van der Waals surface area contributed by atoms with E-state index >= 15 is 0 Å². The van der Waals surface area contributed by atoms with Crippen LogP contribution in [0.3, 0.4) is 0 Å². The normalized spacial score (nSPS) is 13.6. The molecule has 12 heteroatoms. The van der Waals surface area contributed by atoms with Crippen LogP contribution in [0, 0.1) is 0 Å². The first kappa shape index (κ1) is 31.4. The first-order valence-electron chi connectivity index (χ1n) is 11.5. The highest BCUT2D eigenvalue weighted by atomic mass is 19.4. The number of allylic oxidation sites excluding steroid dienone is 2. The number of nitrogens with zero attached hydrogens (tertiary/aromatic N) is 1. The van der Waals surface area contributed by atoms with Crippen molar-refractivity contribution < 1.29 is 45.4 Å². The minimum Gasteiger partial charge on any atom is -0.456 e. The molecular weight excluding hydrogens is 530 g/mol. The highest BCUT2D eigenvalue weighted by molar-refractivity contribution is 6.02. The molecule has 0 fully saturated rings. The van der Waals surface area contributed by atoms with Crippen molar-refractivity contribution in [1.29, 1.82) is 0 Å². The summed E-state index contributed by atoms with van der Waals surface area (Å²) in [5, 5.41) is 1.91. The minimum absolute atomic E-state index is 0.0282. The number of rotatable bonds is 6. The largest absolute Gasteiger partial charge is 0.456 e. The van der Waals surface area contributed by atoms with E-state index in [4.69, 9.17) is 9.47 Å². The maximum Gasteiger partial charge on any atom is 0.433 e. The molecule has 0 heterocycles. The molecule has 0 amide bonds. The molecule has 2 rings (SSSR count). The van der Waals surface area contributed by atoms with Gasteiger partial charge in [0.15, 0.2) is 0 Å². The number of hydrogen-bond acceptors (Lipinski definition) is 6. The van der Waals surface area contributed by atoms with Gasteiger partial charge in [0.1, 0.15) is 22.6 Å². The summed E-state index contributed by atoms with van der Waals surface area (Å²) in [5.41, 5.74) is -5.68. The molecule has 0 spiro atoms. The van der Waals surface area contributed by atoms with Gasteiger partial charge in [0.25, 0.3) is 0 Å². The second-order valence-corrected chi connectivity index (χ2v) is 10.3. The van der Waals surface area contributed by atoms with Crippen molar-refractivity contribution in [1.82, 2.24) is 0 Å². The lowest BCUT2D eigenvalue weighted by Crippen LogP contribution is -2.26. The Bertz CT molecular complexity index is 1230. The number of carbonyl (C=O) groups excluding carboxylic acids is 2. The van der Waals surface area contributed by atoms with Crippen LogP contribution in [0.1, 0.15) is 62.3 Å². The van der Waals surface area contributed by atoms with E-state index in [0.717, 1.165) is 36.4 Å². The summed E-state index contributed by atoms with van der Waals surface area (Å²) >= 11 is 0. The summed E-state index contributed by atoms with van der Waals surface area (Å²) in [6.07, 6.45) is -10.6. The van der Waals surface area contributed by atoms with Crippen molar-refractivity contribution in [2.45, 2.75) is 65.1 Å². The number of nitrogens with one attached hydrogen (secondary N) is 1. The third kappa shape index (κ3) is 10.5. The van der Waals surface area contributed by atoms with Gasteiger partial charge in [-0.05, 0) is 96.1 Å². The van der Waals surface area contributed by atoms with Crippen molar-refractivity contribution in [3.8, 4) is 0 Å². The fourth-order valence-corrected chi connectivity index (χ4v) is 2.83. The maximum absolute atomic E-state index is 13.7. The number of carbonyl (C=O) groups is 2. The number of alkyl halides is 6. The molecule has 0 saturated carbocycles. The highest BCUT2D eigenvalue weighted by Crippen LogP contribution is 2.31. The van der Waals surface area contributed by atoms with Gasteiger partial charge in [-0.3, -0.25) is 0 Å². The molecule has 1 N–H and O–H groups in total. The van der Waals surface area contributed by atoms with Crippen LogP contribution in [0.4, 0.5) is 37.7 Å². The van der Waals surface area contributed by atoms with Gasteiger partial charge in [-0.25, -0.2) is 14.6 Å². The van der Waals surface area contributed by atoms with Crippen LogP contribution in [-0.4, -0.2) is 41.2 Å². The topological polar surface area (TPSA) is 77.0 Å². The summed E-state index contributed by atoms with van der Waals surface area (Å²) < 4.78 is 92.4. The molecule has 0 aliphatic heterocycles. The Hall–Kier alpha value is -3.83. The van der Waals surface area contributed by atoms with Crippen LogP contribution >= 0.6 is 0 Å². The van der Waals surface area contributed by atoms with E-state index in [1.54, 1.807) is 41.5 Å². The Labute approximate surface area is 221 Å². The molecule has 0 unspecified atom stereocenters. The van der Waals surface area contributed by atoms with Crippen LogP contribution in [0.2, 0.25) is 0 Å². The highest BCUT2D eigenvalue weighted by Gasteiger charge is 2.40. The number of hydrogen-bond donors (Lipinski definition) is 1. The Morgan fingerprint density at radius 3 is 1.46 bits per heavy atom. The monoisotopic (exact) mass is 558 g/mol. The van der Waals surface area contributed by atoms with Gasteiger partial charge in [0.2, 0.25) is 0 Å². The average molecular weight is 559 g/mol. The zero-order valence-electron chi connectivity index (χ0n) is 22.0. The van der Waals surface area contributed by atoms with Crippen LogP contribution in [-0.2, 0) is 9.47 Å². The number of esters is 2. The molecule has 39 heavy (non-hydrogen) atoms.